The van der Waals surface area contributed by atoms with Gasteiger partial charge in [-0.15, -0.1) is 0 Å². The van der Waals surface area contributed by atoms with Gasteiger partial charge in [0.1, 0.15) is 5.82 Å². The number of aromatic nitrogens is 1. The number of rotatable bonds is 3. The van der Waals surface area contributed by atoms with E-state index in [0.717, 1.165) is 29.7 Å². The van der Waals surface area contributed by atoms with Crippen molar-refractivity contribution < 1.29 is 4.79 Å². The molecule has 4 rings (SSSR count). The van der Waals surface area contributed by atoms with Crippen molar-refractivity contribution in [2.24, 2.45) is 5.92 Å². The highest BCUT2D eigenvalue weighted by molar-refractivity contribution is 9.10. The molecule has 2 bridgehead atoms. The second-order valence-electron chi connectivity index (χ2n) is 5.63. The van der Waals surface area contributed by atoms with Gasteiger partial charge in [-0.2, -0.15) is 0 Å². The van der Waals surface area contributed by atoms with Crippen LogP contribution in [-0.2, 0) is 0 Å². The lowest BCUT2D eigenvalue weighted by Gasteiger charge is -2.61. The Morgan fingerprint density at radius 2 is 2.17 bits per heavy atom. The molecule has 0 atom stereocenters. The molecule has 0 saturated heterocycles. The molecule has 3 saturated carbocycles. The molecule has 0 aliphatic heterocycles. The lowest BCUT2D eigenvalue weighted by molar-refractivity contribution is -0.0438. The first-order chi connectivity index (χ1) is 8.49. The zero-order chi connectivity index (χ0) is 12.9. The van der Waals surface area contributed by atoms with Crippen molar-refractivity contribution in [2.45, 2.75) is 24.8 Å². The maximum atomic E-state index is 12.4. The van der Waals surface area contributed by atoms with Gasteiger partial charge >= 0.3 is 0 Å². The molecule has 18 heavy (non-hydrogen) atoms. The van der Waals surface area contributed by atoms with E-state index >= 15 is 0 Å². The summed E-state index contributed by atoms with van der Waals surface area (Å²) < 4.78 is 0.829. The standard InChI is InChI=1S/C13H16BrN3O/c1-17(2)11-10(3-9(14)7-15-11)12(18)16-13-4-8(5-13)6-13/h3,7-8H,4-6H2,1-2H3,(H,16,18). The predicted molar refractivity (Wildman–Crippen MR) is 73.8 cm³/mol. The summed E-state index contributed by atoms with van der Waals surface area (Å²) in [5.74, 6) is 1.56. The molecule has 0 spiro atoms. The Balaban J connectivity index is 1.85. The number of carbonyl (C=O) groups excluding carboxylic acids is 1. The molecule has 5 heteroatoms. The number of amides is 1. The normalized spacial score (nSPS) is 28.1. The molecule has 0 unspecified atom stereocenters. The van der Waals surface area contributed by atoms with Gasteiger partial charge in [0.05, 0.1) is 5.56 Å². The van der Waals surface area contributed by atoms with Gasteiger partial charge in [-0.3, -0.25) is 4.79 Å². The van der Waals surface area contributed by atoms with Crippen LogP contribution in [0.2, 0.25) is 0 Å². The van der Waals surface area contributed by atoms with Crippen LogP contribution in [0.15, 0.2) is 16.7 Å². The van der Waals surface area contributed by atoms with Gasteiger partial charge in [0, 0.05) is 30.3 Å². The fourth-order valence-corrected chi connectivity index (χ4v) is 3.23. The van der Waals surface area contributed by atoms with Gasteiger partial charge in [-0.05, 0) is 47.2 Å². The smallest absolute Gasteiger partial charge is 0.255 e. The number of pyridine rings is 1. The summed E-state index contributed by atoms with van der Waals surface area (Å²) in [6.45, 7) is 0. The summed E-state index contributed by atoms with van der Waals surface area (Å²) in [5, 5.41) is 3.17. The van der Waals surface area contributed by atoms with Crippen molar-refractivity contribution in [3.8, 4) is 0 Å². The number of halogens is 1. The Hall–Kier alpha value is -1.10. The summed E-state index contributed by atoms with van der Waals surface area (Å²) in [7, 11) is 3.79. The third-order valence-electron chi connectivity index (χ3n) is 3.92. The highest BCUT2D eigenvalue weighted by Gasteiger charge is 2.57. The van der Waals surface area contributed by atoms with Gasteiger partial charge in [0.15, 0.2) is 0 Å². The predicted octanol–water partition coefficient (Wildman–Crippen LogP) is 2.19. The van der Waals surface area contributed by atoms with E-state index in [0.29, 0.717) is 11.4 Å². The molecule has 1 amide bonds. The van der Waals surface area contributed by atoms with E-state index in [1.807, 2.05) is 25.1 Å². The SMILES string of the molecule is CN(C)c1ncc(Br)cc1C(=O)NC12CC(C1)C2. The Morgan fingerprint density at radius 3 is 2.67 bits per heavy atom. The van der Waals surface area contributed by atoms with E-state index in [9.17, 15) is 4.79 Å². The maximum Gasteiger partial charge on any atom is 0.255 e. The summed E-state index contributed by atoms with van der Waals surface area (Å²) >= 11 is 3.37. The first-order valence-corrected chi connectivity index (χ1v) is 6.94. The number of hydrogen-bond donors (Lipinski definition) is 1. The van der Waals surface area contributed by atoms with Crippen molar-refractivity contribution in [3.63, 3.8) is 0 Å². The maximum absolute atomic E-state index is 12.4. The minimum Gasteiger partial charge on any atom is -0.362 e. The first kappa shape index (κ1) is 12.0. The van der Waals surface area contributed by atoms with Crippen molar-refractivity contribution >= 4 is 27.7 Å². The van der Waals surface area contributed by atoms with E-state index in [2.05, 4.69) is 26.2 Å². The fourth-order valence-electron chi connectivity index (χ4n) is 2.90. The molecule has 0 aromatic carbocycles. The lowest BCUT2D eigenvalue weighted by Crippen LogP contribution is -2.68. The minimum absolute atomic E-state index is 0.00866. The van der Waals surface area contributed by atoms with Crippen LogP contribution < -0.4 is 10.2 Å². The highest BCUT2D eigenvalue weighted by Crippen LogP contribution is 2.57. The van der Waals surface area contributed by atoms with Crippen LogP contribution in [0.4, 0.5) is 5.82 Å². The van der Waals surface area contributed by atoms with E-state index in [4.69, 9.17) is 0 Å². The van der Waals surface area contributed by atoms with Gasteiger partial charge in [-0.25, -0.2) is 4.98 Å². The third-order valence-corrected chi connectivity index (χ3v) is 4.35. The number of nitrogens with zero attached hydrogens (tertiary/aromatic N) is 2. The summed E-state index contributed by atoms with van der Waals surface area (Å²) in [4.78, 5) is 18.5. The first-order valence-electron chi connectivity index (χ1n) is 6.14. The Labute approximate surface area is 115 Å². The summed E-state index contributed by atoms with van der Waals surface area (Å²) in [6.07, 6.45) is 5.17. The van der Waals surface area contributed by atoms with Crippen LogP contribution in [-0.4, -0.2) is 30.5 Å². The number of hydrogen-bond acceptors (Lipinski definition) is 3. The van der Waals surface area contributed by atoms with Crippen molar-refractivity contribution in [1.29, 1.82) is 0 Å². The monoisotopic (exact) mass is 309 g/mol. The zero-order valence-corrected chi connectivity index (χ0v) is 12.1. The molecule has 0 radical (unpaired) electrons. The molecular formula is C13H16BrN3O. The highest BCUT2D eigenvalue weighted by atomic mass is 79.9. The van der Waals surface area contributed by atoms with Crippen LogP contribution in [0, 0.1) is 5.92 Å². The molecule has 1 heterocycles. The van der Waals surface area contributed by atoms with Gasteiger partial charge in [0.2, 0.25) is 0 Å². The second kappa shape index (κ2) is 3.95. The van der Waals surface area contributed by atoms with Crippen molar-refractivity contribution in [3.05, 3.63) is 22.3 Å². The van der Waals surface area contributed by atoms with Crippen LogP contribution in [0.25, 0.3) is 0 Å². The summed E-state index contributed by atoms with van der Waals surface area (Å²) in [6, 6.07) is 1.84. The second-order valence-corrected chi connectivity index (χ2v) is 6.55. The van der Waals surface area contributed by atoms with E-state index in [1.54, 1.807) is 6.20 Å². The summed E-state index contributed by atoms with van der Waals surface area (Å²) in [5.41, 5.74) is 0.743. The van der Waals surface area contributed by atoms with Gasteiger partial charge in [-0.1, -0.05) is 0 Å². The topological polar surface area (TPSA) is 45.2 Å². The Bertz CT molecular complexity index is 498. The molecule has 1 aromatic heterocycles. The molecule has 3 aliphatic carbocycles. The number of anilines is 1. The van der Waals surface area contributed by atoms with Crippen LogP contribution in [0.3, 0.4) is 0 Å². The molecule has 3 aliphatic rings. The van der Waals surface area contributed by atoms with E-state index in [1.165, 1.54) is 0 Å². The van der Waals surface area contributed by atoms with Crippen molar-refractivity contribution in [1.82, 2.24) is 10.3 Å². The molecule has 4 nitrogen and oxygen atoms in total. The largest absolute Gasteiger partial charge is 0.362 e. The quantitative estimate of drug-likeness (QED) is 0.931. The Kier molecular flexibility index (Phi) is 2.62. The average Bonchev–Trinajstić information content (AvgIpc) is 2.20. The molecule has 1 aromatic rings. The molecule has 1 N–H and O–H groups in total. The van der Waals surface area contributed by atoms with Gasteiger partial charge in [0.25, 0.3) is 5.91 Å². The number of carbonyl (C=O) groups is 1. The average molecular weight is 310 g/mol. The van der Waals surface area contributed by atoms with Crippen LogP contribution in [0.1, 0.15) is 29.6 Å². The number of nitrogens with one attached hydrogen (secondary N) is 1. The van der Waals surface area contributed by atoms with E-state index < -0.39 is 0 Å². The van der Waals surface area contributed by atoms with Crippen LogP contribution in [0.5, 0.6) is 0 Å². The molecule has 3 fully saturated rings. The minimum atomic E-state index is -0.00866. The van der Waals surface area contributed by atoms with Crippen molar-refractivity contribution in [2.75, 3.05) is 19.0 Å². The van der Waals surface area contributed by atoms with Crippen LogP contribution >= 0.6 is 15.9 Å². The fraction of sp³-hybridized carbons (Fsp3) is 0.538. The lowest BCUT2D eigenvalue weighted by atomic mass is 9.50. The molecular weight excluding hydrogens is 294 g/mol. The van der Waals surface area contributed by atoms with Gasteiger partial charge < -0.3 is 10.2 Å². The third kappa shape index (κ3) is 1.81. The zero-order valence-electron chi connectivity index (χ0n) is 10.5. The Morgan fingerprint density at radius 1 is 1.50 bits per heavy atom. The van der Waals surface area contributed by atoms with E-state index in [-0.39, 0.29) is 11.4 Å². The molecule has 96 valence electrons.